The number of carbonyl (C=O) groups is 2. The van der Waals surface area contributed by atoms with Crippen molar-refractivity contribution in [1.29, 1.82) is 0 Å². The highest BCUT2D eigenvalue weighted by Gasteiger charge is 2.40. The van der Waals surface area contributed by atoms with Gasteiger partial charge in [-0.15, -0.1) is 0 Å². The van der Waals surface area contributed by atoms with Crippen molar-refractivity contribution >= 4 is 19.2 Å². The van der Waals surface area contributed by atoms with Gasteiger partial charge in [-0.25, -0.2) is 9.59 Å². The van der Waals surface area contributed by atoms with Crippen molar-refractivity contribution in [1.82, 2.24) is 4.90 Å². The summed E-state index contributed by atoms with van der Waals surface area (Å²) < 4.78 is 17.4. The summed E-state index contributed by atoms with van der Waals surface area (Å²) in [6.45, 7) is 3.69. The molecule has 1 aromatic carbocycles. The Morgan fingerprint density at radius 2 is 1.96 bits per heavy atom. The first-order valence-corrected chi connectivity index (χ1v) is 10.2. The van der Waals surface area contributed by atoms with E-state index in [0.717, 1.165) is 5.56 Å². The van der Waals surface area contributed by atoms with Gasteiger partial charge in [0.05, 0.1) is 7.14 Å². The van der Waals surface area contributed by atoms with E-state index >= 15 is 0 Å². The zero-order chi connectivity index (χ0) is 17.0. The summed E-state index contributed by atoms with van der Waals surface area (Å²) >= 11 is 0. The van der Waals surface area contributed by atoms with E-state index in [1.807, 2.05) is 30.3 Å². The molecule has 23 heavy (non-hydrogen) atoms. The molecule has 7 heteroatoms. The first-order chi connectivity index (χ1) is 10.8. The highest BCUT2D eigenvalue weighted by molar-refractivity contribution is 7.63. The number of ether oxygens (including phenoxy) is 1. The van der Waals surface area contributed by atoms with E-state index < -0.39 is 25.2 Å². The van der Waals surface area contributed by atoms with Gasteiger partial charge in [0, 0.05) is 12.2 Å². The molecular weight excluding hydrogens is 317 g/mol. The van der Waals surface area contributed by atoms with Gasteiger partial charge in [0.15, 0.2) is 0 Å². The summed E-state index contributed by atoms with van der Waals surface area (Å²) in [4.78, 5) is 24.9. The summed E-state index contributed by atoms with van der Waals surface area (Å²) in [7, 11) is -2.38. The molecule has 1 fully saturated rings. The number of nitrogens with zero attached hydrogens (tertiary/aromatic N) is 1. The molecule has 1 aliphatic heterocycles. The van der Waals surface area contributed by atoms with Crippen LogP contribution in [0.5, 0.6) is 0 Å². The Balaban J connectivity index is 2.01. The number of carboxylic acid groups (broad SMARTS) is 1. The fourth-order valence-corrected chi connectivity index (χ4v) is 4.21. The van der Waals surface area contributed by atoms with Crippen molar-refractivity contribution in [2.24, 2.45) is 0 Å². The van der Waals surface area contributed by atoms with Gasteiger partial charge in [0.1, 0.15) is 12.6 Å². The Bertz CT molecular complexity index is 612. The third-order valence-corrected chi connectivity index (χ3v) is 6.41. The molecule has 6 nitrogen and oxygen atoms in total. The van der Waals surface area contributed by atoms with Crippen LogP contribution in [0.25, 0.3) is 0 Å². The summed E-state index contributed by atoms with van der Waals surface area (Å²) in [5.41, 5.74) is 0.677. The first kappa shape index (κ1) is 17.5. The lowest BCUT2D eigenvalue weighted by molar-refractivity contribution is -0.143. The molecule has 1 amide bonds. The number of likely N-dealkylation sites (tertiary alicyclic amines) is 1. The summed E-state index contributed by atoms with van der Waals surface area (Å²) in [5.74, 6) is -1.08. The number of aliphatic carboxylic acids is 1. The van der Waals surface area contributed by atoms with E-state index in [0.29, 0.717) is 6.42 Å². The Labute approximate surface area is 135 Å². The normalized spacial score (nSPS) is 21.7. The average molecular weight is 339 g/mol. The van der Waals surface area contributed by atoms with Gasteiger partial charge in [-0.1, -0.05) is 30.3 Å². The summed E-state index contributed by atoms with van der Waals surface area (Å²) in [6, 6.07) is 8.23. The molecule has 2 atom stereocenters. The molecule has 0 aromatic heterocycles. The molecule has 0 unspecified atom stereocenters. The fourth-order valence-electron chi connectivity index (χ4n) is 2.77. The van der Waals surface area contributed by atoms with Crippen LogP contribution in [0.15, 0.2) is 30.3 Å². The zero-order valence-electron chi connectivity index (χ0n) is 13.3. The molecule has 126 valence electrons. The lowest BCUT2D eigenvalue weighted by Crippen LogP contribution is -2.51. The topological polar surface area (TPSA) is 83.9 Å². The number of hydrogen-bond donors (Lipinski definition) is 1. The molecule has 0 spiro atoms. The second-order valence-electron chi connectivity index (χ2n) is 6.20. The van der Waals surface area contributed by atoms with Gasteiger partial charge in [0.2, 0.25) is 0 Å². The minimum absolute atomic E-state index is 0.103. The molecule has 1 saturated heterocycles. The van der Waals surface area contributed by atoms with Crippen molar-refractivity contribution in [2.75, 3.05) is 19.9 Å². The van der Waals surface area contributed by atoms with Gasteiger partial charge in [-0.2, -0.15) is 0 Å². The number of piperidine rings is 1. The van der Waals surface area contributed by atoms with E-state index in [4.69, 9.17) is 4.74 Å². The van der Waals surface area contributed by atoms with E-state index in [1.54, 1.807) is 13.3 Å². The smallest absolute Gasteiger partial charge is 0.410 e. The van der Waals surface area contributed by atoms with Crippen LogP contribution in [0, 0.1) is 0 Å². The van der Waals surface area contributed by atoms with E-state index in [9.17, 15) is 19.3 Å². The molecule has 0 bridgehead atoms. The minimum atomic E-state index is -2.38. The van der Waals surface area contributed by atoms with Crippen LogP contribution in [-0.4, -0.2) is 53.6 Å². The Morgan fingerprint density at radius 1 is 1.30 bits per heavy atom. The van der Waals surface area contributed by atoms with E-state index in [2.05, 4.69) is 0 Å². The summed E-state index contributed by atoms with van der Waals surface area (Å²) in [5, 5.41) is 9.39. The van der Waals surface area contributed by atoms with Crippen LogP contribution in [0.1, 0.15) is 18.4 Å². The van der Waals surface area contributed by atoms with Crippen molar-refractivity contribution < 1.29 is 24.0 Å². The largest absolute Gasteiger partial charge is 0.480 e. The molecule has 1 N–H and O–H groups in total. The van der Waals surface area contributed by atoms with Gasteiger partial charge >= 0.3 is 12.1 Å². The SMILES string of the molecule is CP(C)(=O)[C@@H]1CCN(C(=O)OCc2ccccc2)[C@H](C(=O)O)C1. The molecule has 2 rings (SSSR count). The monoisotopic (exact) mass is 339 g/mol. The third-order valence-electron chi connectivity index (χ3n) is 4.18. The highest BCUT2D eigenvalue weighted by Crippen LogP contribution is 2.48. The average Bonchev–Trinajstić information content (AvgIpc) is 2.52. The van der Waals surface area contributed by atoms with Crippen molar-refractivity contribution in [3.05, 3.63) is 35.9 Å². The second-order valence-corrected chi connectivity index (χ2v) is 9.80. The zero-order valence-corrected chi connectivity index (χ0v) is 14.2. The molecule has 1 aromatic rings. The summed E-state index contributed by atoms with van der Waals surface area (Å²) in [6.07, 6.45) is 0.107. The predicted molar refractivity (Wildman–Crippen MR) is 87.2 cm³/mol. The molecule has 0 aliphatic carbocycles. The first-order valence-electron chi connectivity index (χ1n) is 7.54. The molecule has 0 saturated carbocycles. The van der Waals surface area contributed by atoms with Crippen LogP contribution in [-0.2, 0) is 20.7 Å². The van der Waals surface area contributed by atoms with Crippen LogP contribution in [0.4, 0.5) is 4.79 Å². The van der Waals surface area contributed by atoms with Gasteiger partial charge in [-0.05, 0) is 31.7 Å². The fraction of sp³-hybridized carbons (Fsp3) is 0.500. The van der Waals surface area contributed by atoms with Gasteiger partial charge < -0.3 is 14.4 Å². The Morgan fingerprint density at radius 3 is 2.52 bits per heavy atom. The lowest BCUT2D eigenvalue weighted by Gasteiger charge is -2.37. The second kappa shape index (κ2) is 7.18. The third kappa shape index (κ3) is 4.58. The maximum absolute atomic E-state index is 12.2. The number of rotatable bonds is 4. The number of benzene rings is 1. The standard InChI is InChI=1S/C16H22NO5P/c1-23(2,21)13-8-9-17(14(10-13)15(18)19)16(20)22-11-12-6-4-3-5-7-12/h3-7,13-14H,8-11H2,1-2H3,(H,18,19)/t13-,14+/m1/s1. The number of carbonyl (C=O) groups excluding carboxylic acids is 1. The predicted octanol–water partition coefficient (Wildman–Crippen LogP) is 2.86. The maximum Gasteiger partial charge on any atom is 0.410 e. The molecule has 0 radical (unpaired) electrons. The van der Waals surface area contributed by atoms with E-state index in [-0.39, 0.29) is 25.2 Å². The number of hydrogen-bond acceptors (Lipinski definition) is 4. The quantitative estimate of drug-likeness (QED) is 0.853. The number of carboxylic acids is 1. The molecular formula is C16H22NO5P. The van der Waals surface area contributed by atoms with Crippen LogP contribution >= 0.6 is 7.14 Å². The van der Waals surface area contributed by atoms with E-state index in [1.165, 1.54) is 4.90 Å². The lowest BCUT2D eigenvalue weighted by atomic mass is 10.0. The van der Waals surface area contributed by atoms with Crippen molar-refractivity contribution in [2.45, 2.75) is 31.1 Å². The van der Waals surface area contributed by atoms with Crippen molar-refractivity contribution in [3.8, 4) is 0 Å². The Hall–Kier alpha value is -1.81. The molecule has 1 heterocycles. The number of amides is 1. The Kier molecular flexibility index (Phi) is 5.47. The van der Waals surface area contributed by atoms with Crippen LogP contribution in [0.3, 0.4) is 0 Å². The highest BCUT2D eigenvalue weighted by atomic mass is 31.2. The maximum atomic E-state index is 12.2. The minimum Gasteiger partial charge on any atom is -0.480 e. The van der Waals surface area contributed by atoms with Crippen LogP contribution < -0.4 is 0 Å². The van der Waals surface area contributed by atoms with Crippen molar-refractivity contribution in [3.63, 3.8) is 0 Å². The molecule has 1 aliphatic rings. The van der Waals surface area contributed by atoms with Gasteiger partial charge in [-0.3, -0.25) is 4.90 Å². The van der Waals surface area contributed by atoms with Crippen LogP contribution in [0.2, 0.25) is 0 Å². The van der Waals surface area contributed by atoms with Gasteiger partial charge in [0.25, 0.3) is 0 Å².